The number of benzene rings is 2. The summed E-state index contributed by atoms with van der Waals surface area (Å²) < 4.78 is 0.824. The fourth-order valence-electron chi connectivity index (χ4n) is 2.88. The maximum absolute atomic E-state index is 6.04. The molecule has 1 atom stereocenters. The van der Waals surface area contributed by atoms with Gasteiger partial charge in [-0.15, -0.1) is 0 Å². The van der Waals surface area contributed by atoms with Gasteiger partial charge in [-0.05, 0) is 51.3 Å². The highest BCUT2D eigenvalue weighted by Gasteiger charge is 2.31. The molecule has 26 heavy (non-hydrogen) atoms. The Bertz CT molecular complexity index is 941. The van der Waals surface area contributed by atoms with Crippen LogP contribution in [0.4, 0.5) is 5.95 Å². The third-order valence-corrected chi connectivity index (χ3v) is 5.07. The molecule has 2 heterocycles. The molecule has 0 amide bonds. The van der Waals surface area contributed by atoms with E-state index in [1.165, 1.54) is 0 Å². The first-order valence-corrected chi connectivity index (χ1v) is 9.51. The summed E-state index contributed by atoms with van der Waals surface area (Å²) >= 11 is 15.4. The normalized spacial score (nSPS) is 16.7. The fourth-order valence-corrected chi connectivity index (χ4v) is 3.34. The van der Waals surface area contributed by atoms with Crippen molar-refractivity contribution in [2.24, 2.45) is 5.10 Å². The smallest absolute Gasteiger partial charge is 0.223 e. The van der Waals surface area contributed by atoms with Gasteiger partial charge in [-0.2, -0.15) is 5.10 Å². The van der Waals surface area contributed by atoms with Gasteiger partial charge in [-0.3, -0.25) is 0 Å². The monoisotopic (exact) mass is 446 g/mol. The first kappa shape index (κ1) is 17.5. The quantitative estimate of drug-likeness (QED) is 0.501. The van der Waals surface area contributed by atoms with E-state index >= 15 is 0 Å². The van der Waals surface area contributed by atoms with Gasteiger partial charge in [0.1, 0.15) is 0 Å². The van der Waals surface area contributed by atoms with Crippen LogP contribution in [0.1, 0.15) is 23.6 Å². The van der Waals surface area contributed by atoms with E-state index < -0.39 is 0 Å². The molecule has 0 saturated carbocycles. The van der Waals surface area contributed by atoms with Crippen LogP contribution < -0.4 is 5.01 Å². The van der Waals surface area contributed by atoms with E-state index in [1.807, 2.05) is 53.5 Å². The van der Waals surface area contributed by atoms with E-state index in [2.05, 4.69) is 25.9 Å². The topological polar surface area (TPSA) is 41.4 Å². The summed E-state index contributed by atoms with van der Waals surface area (Å²) in [6.07, 6.45) is 4.18. The predicted molar refractivity (Wildman–Crippen MR) is 109 cm³/mol. The lowest BCUT2D eigenvalue weighted by Crippen LogP contribution is -2.20. The van der Waals surface area contributed by atoms with Gasteiger partial charge >= 0.3 is 0 Å². The Morgan fingerprint density at radius 1 is 0.885 bits per heavy atom. The number of hydrogen-bond acceptors (Lipinski definition) is 4. The minimum Gasteiger partial charge on any atom is -0.223 e. The third-order valence-electron chi connectivity index (χ3n) is 4.15. The number of nitrogens with zero attached hydrogens (tertiary/aromatic N) is 4. The Morgan fingerprint density at radius 3 is 2.08 bits per heavy atom. The zero-order chi connectivity index (χ0) is 18.1. The average molecular weight is 448 g/mol. The van der Waals surface area contributed by atoms with Gasteiger partial charge < -0.3 is 0 Å². The summed E-state index contributed by atoms with van der Waals surface area (Å²) in [6, 6.07) is 15.5. The predicted octanol–water partition coefficient (Wildman–Crippen LogP) is 5.90. The van der Waals surface area contributed by atoms with E-state index in [0.717, 1.165) is 27.7 Å². The molecule has 0 spiro atoms. The molecule has 0 fully saturated rings. The highest BCUT2D eigenvalue weighted by molar-refractivity contribution is 9.10. The second-order valence-electron chi connectivity index (χ2n) is 5.87. The van der Waals surface area contributed by atoms with Crippen molar-refractivity contribution in [2.45, 2.75) is 12.5 Å². The zero-order valence-electron chi connectivity index (χ0n) is 13.5. The maximum atomic E-state index is 6.04. The maximum Gasteiger partial charge on any atom is 0.246 e. The van der Waals surface area contributed by atoms with Crippen LogP contribution in [-0.2, 0) is 0 Å². The number of hydrogen-bond donors (Lipinski definition) is 0. The largest absolute Gasteiger partial charge is 0.246 e. The number of hydrazone groups is 1. The molecule has 3 aromatic rings. The summed E-state index contributed by atoms with van der Waals surface area (Å²) in [5, 5.41) is 8.07. The van der Waals surface area contributed by atoms with Gasteiger partial charge in [0, 0.05) is 28.9 Å². The van der Waals surface area contributed by atoms with Crippen molar-refractivity contribution in [1.82, 2.24) is 9.97 Å². The van der Waals surface area contributed by atoms with Crippen LogP contribution in [0.25, 0.3) is 0 Å². The van der Waals surface area contributed by atoms with Crippen LogP contribution in [0, 0.1) is 0 Å². The van der Waals surface area contributed by atoms with Crippen LogP contribution in [0.3, 0.4) is 0 Å². The molecule has 0 bridgehead atoms. The molecule has 0 unspecified atom stereocenters. The summed E-state index contributed by atoms with van der Waals surface area (Å²) in [7, 11) is 0. The van der Waals surface area contributed by atoms with Crippen molar-refractivity contribution in [3.63, 3.8) is 0 Å². The van der Waals surface area contributed by atoms with Gasteiger partial charge in [0.05, 0.1) is 16.2 Å². The molecule has 2 aromatic carbocycles. The molecule has 0 radical (unpaired) electrons. The Balaban J connectivity index is 1.74. The minimum atomic E-state index is -0.000815. The highest BCUT2D eigenvalue weighted by atomic mass is 79.9. The molecular formula is C19H13BrCl2N4. The molecule has 0 N–H and O–H groups in total. The van der Waals surface area contributed by atoms with E-state index in [1.54, 1.807) is 12.4 Å². The van der Waals surface area contributed by atoms with Crippen molar-refractivity contribution in [2.75, 3.05) is 5.01 Å². The lowest BCUT2D eigenvalue weighted by molar-refractivity contribution is 0.686. The summed E-state index contributed by atoms with van der Waals surface area (Å²) in [5.74, 6) is 0.553. The minimum absolute atomic E-state index is 0.000815. The summed E-state index contributed by atoms with van der Waals surface area (Å²) in [4.78, 5) is 8.82. The van der Waals surface area contributed by atoms with Gasteiger partial charge in [0.2, 0.25) is 5.95 Å². The van der Waals surface area contributed by atoms with E-state index in [9.17, 15) is 0 Å². The van der Waals surface area contributed by atoms with E-state index in [0.29, 0.717) is 16.0 Å². The molecule has 1 aromatic heterocycles. The molecule has 0 saturated heterocycles. The average Bonchev–Trinajstić information content (AvgIpc) is 3.09. The van der Waals surface area contributed by atoms with Crippen molar-refractivity contribution in [3.8, 4) is 0 Å². The first-order valence-electron chi connectivity index (χ1n) is 7.96. The Morgan fingerprint density at radius 2 is 1.46 bits per heavy atom. The van der Waals surface area contributed by atoms with Crippen molar-refractivity contribution in [1.29, 1.82) is 0 Å². The van der Waals surface area contributed by atoms with Crippen molar-refractivity contribution in [3.05, 3.63) is 86.6 Å². The van der Waals surface area contributed by atoms with Crippen LogP contribution in [0.5, 0.6) is 0 Å². The standard InChI is InChI=1S/C19H13BrCl2N4/c20-14-10-23-19(24-11-14)26-18(13-3-7-16(22)8-4-13)9-17(25-26)12-1-5-15(21)6-2-12/h1-8,10-11,18H,9H2/t18-/m1/s1. The Labute approximate surface area is 169 Å². The van der Waals surface area contributed by atoms with Crippen molar-refractivity contribution >= 4 is 50.8 Å². The second-order valence-corrected chi connectivity index (χ2v) is 7.66. The van der Waals surface area contributed by atoms with E-state index in [-0.39, 0.29) is 6.04 Å². The van der Waals surface area contributed by atoms with Crippen LogP contribution in [0.2, 0.25) is 10.0 Å². The molecule has 7 heteroatoms. The summed E-state index contributed by atoms with van der Waals surface area (Å²) in [6.45, 7) is 0. The zero-order valence-corrected chi connectivity index (χ0v) is 16.6. The molecular weight excluding hydrogens is 435 g/mol. The molecule has 4 nitrogen and oxygen atoms in total. The Hall–Kier alpha value is -1.95. The number of rotatable bonds is 3. The van der Waals surface area contributed by atoms with Gasteiger partial charge in [0.25, 0.3) is 0 Å². The van der Waals surface area contributed by atoms with Gasteiger partial charge in [0.15, 0.2) is 0 Å². The first-order chi connectivity index (χ1) is 12.6. The molecule has 1 aliphatic heterocycles. The Kier molecular flexibility index (Phi) is 4.94. The number of halogens is 3. The molecule has 4 rings (SSSR count). The second kappa shape index (κ2) is 7.35. The molecule has 1 aliphatic rings. The third kappa shape index (κ3) is 3.61. The van der Waals surface area contributed by atoms with E-state index in [4.69, 9.17) is 28.3 Å². The van der Waals surface area contributed by atoms with Crippen LogP contribution in [0.15, 0.2) is 70.5 Å². The van der Waals surface area contributed by atoms with Gasteiger partial charge in [-0.25, -0.2) is 15.0 Å². The molecule has 0 aliphatic carbocycles. The van der Waals surface area contributed by atoms with Crippen LogP contribution >= 0.6 is 39.1 Å². The number of aromatic nitrogens is 2. The van der Waals surface area contributed by atoms with Crippen LogP contribution in [-0.4, -0.2) is 15.7 Å². The lowest BCUT2D eigenvalue weighted by Gasteiger charge is -2.21. The number of anilines is 1. The van der Waals surface area contributed by atoms with Crippen molar-refractivity contribution < 1.29 is 0 Å². The lowest BCUT2D eigenvalue weighted by atomic mass is 9.98. The van der Waals surface area contributed by atoms with Gasteiger partial charge in [-0.1, -0.05) is 47.5 Å². The highest BCUT2D eigenvalue weighted by Crippen LogP contribution is 2.35. The summed E-state index contributed by atoms with van der Waals surface area (Å²) in [5.41, 5.74) is 3.11. The SMILES string of the molecule is Clc1ccc(C2=NN(c3ncc(Br)cn3)[C@@H](c3ccc(Cl)cc3)C2)cc1. The fraction of sp³-hybridized carbons (Fsp3) is 0.105. The molecule has 130 valence electrons.